The van der Waals surface area contributed by atoms with Gasteiger partial charge < -0.3 is 5.32 Å². The Morgan fingerprint density at radius 1 is 1.08 bits per heavy atom. The molecule has 0 aromatic rings. The van der Waals surface area contributed by atoms with Crippen molar-refractivity contribution in [3.8, 4) is 0 Å². The molecule has 1 nitrogen and oxygen atoms in total. The van der Waals surface area contributed by atoms with E-state index in [9.17, 15) is 0 Å². The first-order valence-corrected chi connectivity index (χ1v) is 5.97. The molecular weight excluding hydrogens is 158 g/mol. The molecule has 0 amide bonds. The van der Waals surface area contributed by atoms with Gasteiger partial charge in [0.15, 0.2) is 0 Å². The summed E-state index contributed by atoms with van der Waals surface area (Å²) >= 11 is 0. The summed E-state index contributed by atoms with van der Waals surface area (Å²) in [6.07, 6.45) is 6.58. The fourth-order valence-corrected chi connectivity index (χ4v) is 1.84. The molecule has 0 saturated heterocycles. The quantitative estimate of drug-likeness (QED) is 0.609. The molecule has 0 saturated carbocycles. The fraction of sp³-hybridized carbons (Fsp3) is 1.00. The second-order valence-electron chi connectivity index (χ2n) is 4.19. The normalized spacial score (nSPS) is 15.7. The van der Waals surface area contributed by atoms with Crippen LogP contribution < -0.4 is 5.32 Å². The first kappa shape index (κ1) is 13.0. The Balaban J connectivity index is 3.56. The summed E-state index contributed by atoms with van der Waals surface area (Å²) in [7, 11) is 0. The molecule has 0 aliphatic carbocycles. The highest BCUT2D eigenvalue weighted by Gasteiger charge is 2.09. The third-order valence-electron chi connectivity index (χ3n) is 2.64. The minimum Gasteiger partial charge on any atom is -0.314 e. The van der Waals surface area contributed by atoms with E-state index < -0.39 is 0 Å². The van der Waals surface area contributed by atoms with Crippen molar-refractivity contribution in [2.45, 2.75) is 65.8 Å². The third kappa shape index (κ3) is 7.06. The highest BCUT2D eigenvalue weighted by molar-refractivity contribution is 4.68. The molecule has 0 spiro atoms. The zero-order valence-corrected chi connectivity index (χ0v) is 9.90. The lowest BCUT2D eigenvalue weighted by Crippen LogP contribution is -2.30. The molecule has 0 fully saturated rings. The van der Waals surface area contributed by atoms with E-state index in [1.165, 1.54) is 38.6 Å². The lowest BCUT2D eigenvalue weighted by atomic mass is 9.96. The van der Waals surface area contributed by atoms with Gasteiger partial charge in [-0.3, -0.25) is 0 Å². The molecule has 0 heterocycles. The van der Waals surface area contributed by atoms with Crippen LogP contribution in [0, 0.1) is 5.92 Å². The predicted molar refractivity (Wildman–Crippen MR) is 61.1 cm³/mol. The molecule has 80 valence electrons. The van der Waals surface area contributed by atoms with Crippen molar-refractivity contribution in [1.29, 1.82) is 0 Å². The van der Waals surface area contributed by atoms with Gasteiger partial charge in [-0.15, -0.1) is 0 Å². The van der Waals surface area contributed by atoms with Gasteiger partial charge in [-0.1, -0.05) is 40.5 Å². The molecule has 0 rings (SSSR count). The molecule has 1 heteroatoms. The molecule has 2 unspecified atom stereocenters. The van der Waals surface area contributed by atoms with Gasteiger partial charge in [-0.05, 0) is 31.7 Å². The molecule has 1 N–H and O–H groups in total. The standard InChI is InChI=1S/C12H27N/c1-5-8-11(4)10-12(7-3)13-9-6-2/h11-13H,5-10H2,1-4H3. The average molecular weight is 185 g/mol. The van der Waals surface area contributed by atoms with E-state index in [4.69, 9.17) is 0 Å². The van der Waals surface area contributed by atoms with Gasteiger partial charge in [0.05, 0.1) is 0 Å². The van der Waals surface area contributed by atoms with E-state index in [1.807, 2.05) is 0 Å². The number of rotatable bonds is 8. The lowest BCUT2D eigenvalue weighted by molar-refractivity contribution is 0.375. The van der Waals surface area contributed by atoms with Crippen LogP contribution in [0.25, 0.3) is 0 Å². The third-order valence-corrected chi connectivity index (χ3v) is 2.64. The number of nitrogens with one attached hydrogen (secondary N) is 1. The zero-order chi connectivity index (χ0) is 10.1. The molecule has 0 aromatic heterocycles. The van der Waals surface area contributed by atoms with Gasteiger partial charge in [0.2, 0.25) is 0 Å². The summed E-state index contributed by atoms with van der Waals surface area (Å²) in [4.78, 5) is 0. The molecule has 13 heavy (non-hydrogen) atoms. The molecule has 0 aliphatic rings. The van der Waals surface area contributed by atoms with Crippen LogP contribution in [0.15, 0.2) is 0 Å². The van der Waals surface area contributed by atoms with Crippen molar-refractivity contribution in [3.63, 3.8) is 0 Å². The van der Waals surface area contributed by atoms with Gasteiger partial charge in [0.25, 0.3) is 0 Å². The summed E-state index contributed by atoms with van der Waals surface area (Å²) in [5.74, 6) is 0.888. The average Bonchev–Trinajstić information content (AvgIpc) is 2.12. The largest absolute Gasteiger partial charge is 0.314 e. The first-order valence-electron chi connectivity index (χ1n) is 5.97. The van der Waals surface area contributed by atoms with Crippen LogP contribution in [-0.4, -0.2) is 12.6 Å². The Labute approximate surface area is 84.3 Å². The predicted octanol–water partition coefficient (Wildman–Crippen LogP) is 3.59. The Kier molecular flexibility index (Phi) is 8.53. The van der Waals surface area contributed by atoms with Crippen molar-refractivity contribution in [2.24, 2.45) is 5.92 Å². The monoisotopic (exact) mass is 185 g/mol. The van der Waals surface area contributed by atoms with Crippen LogP contribution in [0.2, 0.25) is 0 Å². The lowest BCUT2D eigenvalue weighted by Gasteiger charge is -2.20. The van der Waals surface area contributed by atoms with Gasteiger partial charge in [0.1, 0.15) is 0 Å². The van der Waals surface area contributed by atoms with Crippen LogP contribution >= 0.6 is 0 Å². The Morgan fingerprint density at radius 2 is 1.77 bits per heavy atom. The molecule has 2 atom stereocenters. The van der Waals surface area contributed by atoms with E-state index in [2.05, 4.69) is 33.0 Å². The van der Waals surface area contributed by atoms with Crippen molar-refractivity contribution >= 4 is 0 Å². The highest BCUT2D eigenvalue weighted by atomic mass is 14.9. The zero-order valence-electron chi connectivity index (χ0n) is 9.90. The van der Waals surface area contributed by atoms with E-state index >= 15 is 0 Å². The summed E-state index contributed by atoms with van der Waals surface area (Å²) in [6, 6.07) is 0.751. The van der Waals surface area contributed by atoms with E-state index in [1.54, 1.807) is 0 Å². The number of hydrogen-bond donors (Lipinski definition) is 1. The second kappa shape index (κ2) is 8.55. The van der Waals surface area contributed by atoms with Gasteiger partial charge in [0, 0.05) is 6.04 Å². The van der Waals surface area contributed by atoms with Crippen molar-refractivity contribution in [1.82, 2.24) is 5.32 Å². The molecular formula is C12H27N. The minimum absolute atomic E-state index is 0.751. The summed E-state index contributed by atoms with van der Waals surface area (Å²) in [5.41, 5.74) is 0. The van der Waals surface area contributed by atoms with Crippen LogP contribution in [0.4, 0.5) is 0 Å². The van der Waals surface area contributed by atoms with Crippen LogP contribution in [0.5, 0.6) is 0 Å². The highest BCUT2D eigenvalue weighted by Crippen LogP contribution is 2.14. The molecule has 0 bridgehead atoms. The van der Waals surface area contributed by atoms with Crippen molar-refractivity contribution in [2.75, 3.05) is 6.54 Å². The number of hydrogen-bond acceptors (Lipinski definition) is 1. The van der Waals surface area contributed by atoms with Crippen LogP contribution in [0.1, 0.15) is 59.8 Å². The van der Waals surface area contributed by atoms with E-state index in [-0.39, 0.29) is 0 Å². The minimum atomic E-state index is 0.751. The van der Waals surface area contributed by atoms with E-state index in [0.717, 1.165) is 12.0 Å². The Hall–Kier alpha value is -0.0400. The van der Waals surface area contributed by atoms with Gasteiger partial charge >= 0.3 is 0 Å². The summed E-state index contributed by atoms with van der Waals surface area (Å²) < 4.78 is 0. The molecule has 0 aliphatic heterocycles. The molecule has 0 radical (unpaired) electrons. The maximum absolute atomic E-state index is 3.61. The summed E-state index contributed by atoms with van der Waals surface area (Å²) in [5, 5.41) is 3.61. The maximum Gasteiger partial charge on any atom is 0.00669 e. The summed E-state index contributed by atoms with van der Waals surface area (Å²) in [6.45, 7) is 10.3. The van der Waals surface area contributed by atoms with E-state index in [0.29, 0.717) is 0 Å². The first-order chi connectivity index (χ1) is 6.24. The molecule has 0 aromatic carbocycles. The second-order valence-corrected chi connectivity index (χ2v) is 4.19. The fourth-order valence-electron chi connectivity index (χ4n) is 1.84. The van der Waals surface area contributed by atoms with Crippen molar-refractivity contribution in [3.05, 3.63) is 0 Å². The van der Waals surface area contributed by atoms with Crippen LogP contribution in [-0.2, 0) is 0 Å². The Morgan fingerprint density at radius 3 is 2.23 bits per heavy atom. The Bertz CT molecular complexity index is 101. The van der Waals surface area contributed by atoms with Gasteiger partial charge in [-0.25, -0.2) is 0 Å². The maximum atomic E-state index is 3.61. The SMILES string of the molecule is CCCNC(CC)CC(C)CCC. The van der Waals surface area contributed by atoms with Crippen LogP contribution in [0.3, 0.4) is 0 Å². The smallest absolute Gasteiger partial charge is 0.00669 e. The topological polar surface area (TPSA) is 12.0 Å². The van der Waals surface area contributed by atoms with Gasteiger partial charge in [-0.2, -0.15) is 0 Å². The van der Waals surface area contributed by atoms with Crippen molar-refractivity contribution < 1.29 is 0 Å².